The Morgan fingerprint density at radius 1 is 1.16 bits per heavy atom. The van der Waals surface area contributed by atoms with Crippen LogP contribution >= 0.6 is 0 Å². The molecule has 1 atom stereocenters. The van der Waals surface area contributed by atoms with Crippen molar-refractivity contribution in [3.8, 4) is 0 Å². The predicted octanol–water partition coefficient (Wildman–Crippen LogP) is 2.11. The van der Waals surface area contributed by atoms with Crippen LogP contribution in [0.15, 0.2) is 0 Å². The van der Waals surface area contributed by atoms with Crippen molar-refractivity contribution < 1.29 is 22.2 Å². The van der Waals surface area contributed by atoms with E-state index in [9.17, 15) is 13.2 Å². The van der Waals surface area contributed by atoms with Gasteiger partial charge in [0.05, 0.1) is 7.11 Å². The van der Waals surface area contributed by atoms with Crippen LogP contribution in [-0.2, 0) is 23.9 Å². The monoisotopic (exact) mass is 295 g/mol. The first-order chi connectivity index (χ1) is 8.97. The minimum absolute atomic E-state index is 0.131. The standard InChI is InChI=1S/C12H25NO5S/c1-4-6-7-8-9-10-12(14)18-19(15,16)11(5-2)13-17-3/h11,13H,4-10H2,1-3H3. The molecule has 0 fully saturated rings. The van der Waals surface area contributed by atoms with Crippen LogP contribution < -0.4 is 5.48 Å². The maximum absolute atomic E-state index is 11.7. The van der Waals surface area contributed by atoms with E-state index in [2.05, 4.69) is 21.4 Å². The molecule has 0 aliphatic carbocycles. The van der Waals surface area contributed by atoms with Gasteiger partial charge in [0.1, 0.15) is 0 Å². The third-order valence-corrected chi connectivity index (χ3v) is 4.21. The van der Waals surface area contributed by atoms with E-state index in [4.69, 9.17) is 0 Å². The predicted molar refractivity (Wildman–Crippen MR) is 72.6 cm³/mol. The number of carbonyl (C=O) groups excluding carboxylic acids is 1. The first-order valence-corrected chi connectivity index (χ1v) is 8.19. The van der Waals surface area contributed by atoms with E-state index in [-0.39, 0.29) is 12.8 Å². The van der Waals surface area contributed by atoms with Gasteiger partial charge in [0.2, 0.25) is 0 Å². The van der Waals surface area contributed by atoms with Crippen molar-refractivity contribution in [3.63, 3.8) is 0 Å². The quantitative estimate of drug-likeness (QED) is 0.357. The fourth-order valence-electron chi connectivity index (χ4n) is 1.58. The number of hydrogen-bond donors (Lipinski definition) is 1. The van der Waals surface area contributed by atoms with Crippen LogP contribution in [0.1, 0.15) is 58.8 Å². The van der Waals surface area contributed by atoms with Crippen LogP contribution in [-0.4, -0.2) is 26.9 Å². The van der Waals surface area contributed by atoms with Gasteiger partial charge in [0, 0.05) is 6.42 Å². The van der Waals surface area contributed by atoms with Crippen molar-refractivity contribution in [3.05, 3.63) is 0 Å². The van der Waals surface area contributed by atoms with E-state index >= 15 is 0 Å². The molecule has 0 radical (unpaired) electrons. The van der Waals surface area contributed by atoms with Gasteiger partial charge in [0.15, 0.2) is 5.37 Å². The Hall–Kier alpha value is -0.660. The normalized spacial score (nSPS) is 13.2. The fourth-order valence-corrected chi connectivity index (χ4v) is 2.66. The SMILES string of the molecule is CCCCCCCC(=O)OS(=O)(=O)C(CC)NOC. The number of hydrogen-bond acceptors (Lipinski definition) is 6. The summed E-state index contributed by atoms with van der Waals surface area (Å²) in [6.45, 7) is 3.77. The Morgan fingerprint density at radius 2 is 1.79 bits per heavy atom. The molecule has 1 N–H and O–H groups in total. The van der Waals surface area contributed by atoms with E-state index in [1.165, 1.54) is 7.11 Å². The second-order valence-electron chi connectivity index (χ2n) is 4.33. The molecule has 0 spiro atoms. The second kappa shape index (κ2) is 10.2. The summed E-state index contributed by atoms with van der Waals surface area (Å²) in [4.78, 5) is 16.0. The summed E-state index contributed by atoms with van der Waals surface area (Å²) in [6, 6.07) is 0. The van der Waals surface area contributed by atoms with Crippen LogP contribution in [0.2, 0.25) is 0 Å². The highest BCUT2D eigenvalue weighted by Gasteiger charge is 2.27. The van der Waals surface area contributed by atoms with Crippen molar-refractivity contribution >= 4 is 16.1 Å². The minimum atomic E-state index is -3.97. The van der Waals surface area contributed by atoms with Crippen LogP contribution in [0, 0.1) is 0 Å². The maximum Gasteiger partial charge on any atom is 0.330 e. The zero-order chi connectivity index (χ0) is 14.7. The lowest BCUT2D eigenvalue weighted by molar-refractivity contribution is -0.134. The van der Waals surface area contributed by atoms with Gasteiger partial charge in [0.25, 0.3) is 0 Å². The molecule has 114 valence electrons. The second-order valence-corrected chi connectivity index (χ2v) is 6.05. The average molecular weight is 295 g/mol. The topological polar surface area (TPSA) is 81.7 Å². The summed E-state index contributed by atoms with van der Waals surface area (Å²) in [5.74, 6) is -0.701. The number of carbonyl (C=O) groups is 1. The summed E-state index contributed by atoms with van der Waals surface area (Å²) in [7, 11) is -2.65. The van der Waals surface area contributed by atoms with Gasteiger partial charge in [-0.2, -0.15) is 13.9 Å². The summed E-state index contributed by atoms with van der Waals surface area (Å²) in [5, 5.41) is -1.03. The zero-order valence-electron chi connectivity index (χ0n) is 12.0. The smallest absolute Gasteiger partial charge is 0.330 e. The molecule has 0 aromatic carbocycles. The van der Waals surface area contributed by atoms with Gasteiger partial charge in [-0.15, -0.1) is 0 Å². The molecule has 1 unspecified atom stereocenters. The van der Waals surface area contributed by atoms with E-state index in [0.29, 0.717) is 6.42 Å². The molecule has 0 aliphatic rings. The molecular formula is C12H25NO5S. The van der Waals surface area contributed by atoms with E-state index in [0.717, 1.165) is 25.7 Å². The third-order valence-electron chi connectivity index (χ3n) is 2.66. The summed E-state index contributed by atoms with van der Waals surface area (Å²) < 4.78 is 28.0. The molecule has 0 aromatic heterocycles. The first-order valence-electron chi connectivity index (χ1n) is 6.72. The van der Waals surface area contributed by atoms with Gasteiger partial charge in [-0.3, -0.25) is 4.79 Å². The maximum atomic E-state index is 11.7. The highest BCUT2D eigenvalue weighted by Crippen LogP contribution is 2.10. The van der Waals surface area contributed by atoms with Crippen molar-refractivity contribution in [2.24, 2.45) is 0 Å². The van der Waals surface area contributed by atoms with Crippen molar-refractivity contribution in [2.45, 2.75) is 64.2 Å². The molecule has 19 heavy (non-hydrogen) atoms. The highest BCUT2D eigenvalue weighted by atomic mass is 32.2. The van der Waals surface area contributed by atoms with Crippen LogP contribution in [0.4, 0.5) is 0 Å². The molecule has 0 rings (SSSR count). The highest BCUT2D eigenvalue weighted by molar-refractivity contribution is 7.87. The Labute approximate surface area is 115 Å². The van der Waals surface area contributed by atoms with Crippen LogP contribution in [0.3, 0.4) is 0 Å². The van der Waals surface area contributed by atoms with E-state index in [1.807, 2.05) is 0 Å². The van der Waals surface area contributed by atoms with Gasteiger partial charge in [-0.1, -0.05) is 39.5 Å². The average Bonchev–Trinajstić information content (AvgIpc) is 2.34. The molecule has 0 aliphatic heterocycles. The lowest BCUT2D eigenvalue weighted by atomic mass is 10.1. The summed E-state index contributed by atoms with van der Waals surface area (Å²) >= 11 is 0. The number of nitrogens with one attached hydrogen (secondary N) is 1. The summed E-state index contributed by atoms with van der Waals surface area (Å²) in [5.41, 5.74) is 2.30. The Bertz CT molecular complexity index is 342. The lowest BCUT2D eigenvalue weighted by Gasteiger charge is -2.15. The van der Waals surface area contributed by atoms with Gasteiger partial charge >= 0.3 is 16.1 Å². The number of unbranched alkanes of at least 4 members (excludes halogenated alkanes) is 4. The molecule has 0 saturated heterocycles. The Morgan fingerprint density at radius 3 is 2.32 bits per heavy atom. The van der Waals surface area contributed by atoms with Crippen LogP contribution in [0.25, 0.3) is 0 Å². The van der Waals surface area contributed by atoms with Crippen LogP contribution in [0.5, 0.6) is 0 Å². The Balaban J connectivity index is 4.08. The lowest BCUT2D eigenvalue weighted by Crippen LogP contribution is -2.37. The van der Waals surface area contributed by atoms with E-state index < -0.39 is 21.5 Å². The fraction of sp³-hybridized carbons (Fsp3) is 0.917. The molecule has 0 saturated carbocycles. The number of hydroxylamine groups is 1. The van der Waals surface area contributed by atoms with Crippen molar-refractivity contribution in [1.82, 2.24) is 5.48 Å². The Kier molecular flexibility index (Phi) is 9.81. The van der Waals surface area contributed by atoms with Crippen molar-refractivity contribution in [1.29, 1.82) is 0 Å². The van der Waals surface area contributed by atoms with Gasteiger partial charge in [-0.25, -0.2) is 0 Å². The zero-order valence-corrected chi connectivity index (χ0v) is 12.8. The first kappa shape index (κ1) is 18.3. The molecule has 6 nitrogen and oxygen atoms in total. The van der Waals surface area contributed by atoms with E-state index in [1.54, 1.807) is 6.92 Å². The van der Waals surface area contributed by atoms with Crippen molar-refractivity contribution in [2.75, 3.05) is 7.11 Å². The minimum Gasteiger partial charge on any atom is -0.345 e. The van der Waals surface area contributed by atoms with Gasteiger partial charge in [-0.05, 0) is 12.8 Å². The molecule has 7 heteroatoms. The number of rotatable bonds is 11. The largest absolute Gasteiger partial charge is 0.345 e. The molecular weight excluding hydrogens is 270 g/mol. The molecule has 0 heterocycles. The third kappa shape index (κ3) is 8.18. The molecule has 0 amide bonds. The van der Waals surface area contributed by atoms with Gasteiger partial charge < -0.3 is 9.02 Å². The molecule has 0 bridgehead atoms. The molecule has 0 aromatic rings. The summed E-state index contributed by atoms with van der Waals surface area (Å²) in [6.07, 6.45) is 5.26.